The van der Waals surface area contributed by atoms with E-state index in [0.717, 1.165) is 11.1 Å². The van der Waals surface area contributed by atoms with Crippen LogP contribution >= 0.6 is 0 Å². The fourth-order valence-electron chi connectivity index (χ4n) is 1.45. The molecular weight excluding hydrogens is 198 g/mol. The first-order valence-electron chi connectivity index (χ1n) is 5.25. The smallest absolute Gasteiger partial charge is 0.223 e. The highest BCUT2D eigenvalue weighted by atomic mass is 16.2. The van der Waals surface area contributed by atoms with E-state index in [4.69, 9.17) is 0 Å². The minimum atomic E-state index is 0.0100. The fourth-order valence-corrected chi connectivity index (χ4v) is 1.45. The molecule has 0 atom stereocenters. The second-order valence-corrected chi connectivity index (χ2v) is 3.73. The number of hydrogen-bond donors (Lipinski definition) is 0. The van der Waals surface area contributed by atoms with Crippen LogP contribution in [-0.2, 0) is 4.79 Å². The molecule has 0 bridgehead atoms. The van der Waals surface area contributed by atoms with Gasteiger partial charge in [-0.1, -0.05) is 48.6 Å². The number of carbonyl (C=O) groups excluding carboxylic acids is 1. The van der Waals surface area contributed by atoms with Crippen molar-refractivity contribution in [2.45, 2.75) is 13.8 Å². The lowest BCUT2D eigenvalue weighted by atomic mass is 10.1. The summed E-state index contributed by atoms with van der Waals surface area (Å²) in [6, 6.07) is 10.0. The Kier molecular flexibility index (Phi) is 4.52. The topological polar surface area (TPSA) is 20.3 Å². The molecule has 1 amide bonds. The van der Waals surface area contributed by atoms with Crippen LogP contribution in [0.1, 0.15) is 19.4 Å². The second kappa shape index (κ2) is 5.91. The van der Waals surface area contributed by atoms with Gasteiger partial charge in [-0.05, 0) is 18.7 Å². The third-order valence-electron chi connectivity index (χ3n) is 2.26. The van der Waals surface area contributed by atoms with Crippen molar-refractivity contribution in [2.24, 2.45) is 0 Å². The summed E-state index contributed by atoms with van der Waals surface area (Å²) in [6.45, 7) is 7.76. The van der Waals surface area contributed by atoms with E-state index in [9.17, 15) is 4.79 Å². The van der Waals surface area contributed by atoms with Crippen molar-refractivity contribution in [3.05, 3.63) is 54.2 Å². The van der Waals surface area contributed by atoms with E-state index in [1.165, 1.54) is 6.92 Å². The third kappa shape index (κ3) is 3.73. The lowest BCUT2D eigenvalue weighted by molar-refractivity contribution is -0.125. The van der Waals surface area contributed by atoms with Gasteiger partial charge >= 0.3 is 0 Å². The highest BCUT2D eigenvalue weighted by Gasteiger charge is 2.04. The van der Waals surface area contributed by atoms with Crippen LogP contribution in [0.2, 0.25) is 0 Å². The highest BCUT2D eigenvalue weighted by Crippen LogP contribution is 2.07. The minimum absolute atomic E-state index is 0.0100. The zero-order valence-electron chi connectivity index (χ0n) is 9.81. The molecule has 0 aliphatic carbocycles. The van der Waals surface area contributed by atoms with Gasteiger partial charge in [-0.2, -0.15) is 0 Å². The monoisotopic (exact) mass is 215 g/mol. The van der Waals surface area contributed by atoms with Crippen LogP contribution in [0.3, 0.4) is 0 Å². The fraction of sp³-hybridized carbons (Fsp3) is 0.214. The van der Waals surface area contributed by atoms with Gasteiger partial charge in [0.15, 0.2) is 0 Å². The number of rotatable bonds is 4. The largest absolute Gasteiger partial charge is 0.316 e. The Labute approximate surface area is 96.9 Å². The van der Waals surface area contributed by atoms with Crippen LogP contribution in [0.15, 0.2) is 48.7 Å². The first-order chi connectivity index (χ1) is 7.63. The Bertz CT molecular complexity index is 392. The lowest BCUT2D eigenvalue weighted by Crippen LogP contribution is -2.24. The number of amides is 1. The van der Waals surface area contributed by atoms with Crippen molar-refractivity contribution in [2.75, 3.05) is 6.54 Å². The predicted molar refractivity (Wildman–Crippen MR) is 67.7 cm³/mol. The molecular formula is C14H17NO. The van der Waals surface area contributed by atoms with Gasteiger partial charge in [0.2, 0.25) is 5.91 Å². The maximum absolute atomic E-state index is 11.2. The number of benzene rings is 1. The van der Waals surface area contributed by atoms with Crippen molar-refractivity contribution in [1.82, 2.24) is 4.90 Å². The van der Waals surface area contributed by atoms with E-state index in [2.05, 4.69) is 12.7 Å². The van der Waals surface area contributed by atoms with Crippen molar-refractivity contribution in [3.8, 4) is 0 Å². The van der Waals surface area contributed by atoms with E-state index in [0.29, 0.717) is 6.54 Å². The number of carbonyl (C=O) groups is 1. The molecule has 2 heteroatoms. The van der Waals surface area contributed by atoms with Gasteiger partial charge in [0.25, 0.3) is 0 Å². The zero-order valence-corrected chi connectivity index (χ0v) is 9.81. The molecule has 0 saturated heterocycles. The van der Waals surface area contributed by atoms with E-state index in [1.54, 1.807) is 11.1 Å². The van der Waals surface area contributed by atoms with Crippen LogP contribution in [0.25, 0.3) is 6.08 Å². The van der Waals surface area contributed by atoms with Crippen LogP contribution in [-0.4, -0.2) is 17.4 Å². The van der Waals surface area contributed by atoms with Gasteiger partial charge in [0.05, 0.1) is 0 Å². The van der Waals surface area contributed by atoms with E-state index >= 15 is 0 Å². The van der Waals surface area contributed by atoms with Crippen molar-refractivity contribution >= 4 is 12.0 Å². The first-order valence-corrected chi connectivity index (χ1v) is 5.25. The Hall–Kier alpha value is -1.83. The molecule has 0 fully saturated rings. The average Bonchev–Trinajstić information content (AvgIpc) is 2.27. The Morgan fingerprint density at radius 2 is 1.94 bits per heavy atom. The molecule has 0 aliphatic rings. The van der Waals surface area contributed by atoms with Crippen molar-refractivity contribution < 1.29 is 4.79 Å². The van der Waals surface area contributed by atoms with E-state index in [-0.39, 0.29) is 5.91 Å². The Morgan fingerprint density at radius 1 is 1.31 bits per heavy atom. The quantitative estimate of drug-likeness (QED) is 0.755. The molecule has 1 aromatic rings. The summed E-state index contributed by atoms with van der Waals surface area (Å²) >= 11 is 0. The SMILES string of the molecule is C=CN(CC(C)=Cc1ccccc1)C(C)=O. The minimum Gasteiger partial charge on any atom is -0.316 e. The van der Waals surface area contributed by atoms with Crippen LogP contribution in [0.5, 0.6) is 0 Å². The molecule has 0 N–H and O–H groups in total. The maximum Gasteiger partial charge on any atom is 0.223 e. The molecule has 2 nitrogen and oxygen atoms in total. The van der Waals surface area contributed by atoms with E-state index in [1.807, 2.05) is 37.3 Å². The molecule has 0 aromatic heterocycles. The molecule has 0 unspecified atom stereocenters. The van der Waals surface area contributed by atoms with Gasteiger partial charge in [-0.25, -0.2) is 0 Å². The molecule has 0 saturated carbocycles. The molecule has 1 aromatic carbocycles. The Morgan fingerprint density at radius 3 is 2.44 bits per heavy atom. The summed E-state index contributed by atoms with van der Waals surface area (Å²) in [7, 11) is 0. The molecule has 0 radical (unpaired) electrons. The second-order valence-electron chi connectivity index (χ2n) is 3.73. The highest BCUT2D eigenvalue weighted by molar-refractivity contribution is 5.74. The molecule has 16 heavy (non-hydrogen) atoms. The normalized spacial score (nSPS) is 11.0. The summed E-state index contributed by atoms with van der Waals surface area (Å²) in [5, 5.41) is 0. The average molecular weight is 215 g/mol. The molecule has 0 heterocycles. The molecule has 1 rings (SSSR count). The zero-order chi connectivity index (χ0) is 12.0. The number of nitrogens with zero attached hydrogens (tertiary/aromatic N) is 1. The van der Waals surface area contributed by atoms with Gasteiger partial charge < -0.3 is 4.90 Å². The maximum atomic E-state index is 11.2. The van der Waals surface area contributed by atoms with Gasteiger partial charge in [-0.15, -0.1) is 0 Å². The standard InChI is InChI=1S/C14H17NO/c1-4-15(13(3)16)11-12(2)10-14-8-6-5-7-9-14/h4-10H,1,11H2,2-3H3. The first kappa shape index (κ1) is 12.2. The summed E-state index contributed by atoms with van der Waals surface area (Å²) < 4.78 is 0. The third-order valence-corrected chi connectivity index (χ3v) is 2.26. The van der Waals surface area contributed by atoms with Gasteiger partial charge in [0.1, 0.15) is 0 Å². The molecule has 0 aliphatic heterocycles. The van der Waals surface area contributed by atoms with Gasteiger partial charge in [0, 0.05) is 13.5 Å². The van der Waals surface area contributed by atoms with E-state index < -0.39 is 0 Å². The van der Waals surface area contributed by atoms with Crippen molar-refractivity contribution in [3.63, 3.8) is 0 Å². The molecule has 84 valence electrons. The van der Waals surface area contributed by atoms with Crippen LogP contribution in [0.4, 0.5) is 0 Å². The summed E-state index contributed by atoms with van der Waals surface area (Å²) in [6.07, 6.45) is 3.63. The summed E-state index contributed by atoms with van der Waals surface area (Å²) in [5.74, 6) is 0.0100. The lowest BCUT2D eigenvalue weighted by Gasteiger charge is -2.15. The summed E-state index contributed by atoms with van der Waals surface area (Å²) in [5.41, 5.74) is 2.27. The molecule has 0 spiro atoms. The van der Waals surface area contributed by atoms with Crippen molar-refractivity contribution in [1.29, 1.82) is 0 Å². The Balaban J connectivity index is 2.71. The predicted octanol–water partition coefficient (Wildman–Crippen LogP) is 3.08. The van der Waals surface area contributed by atoms with Crippen LogP contribution < -0.4 is 0 Å². The summed E-state index contributed by atoms with van der Waals surface area (Å²) in [4.78, 5) is 12.8. The number of hydrogen-bond acceptors (Lipinski definition) is 1. The van der Waals surface area contributed by atoms with Crippen LogP contribution in [0, 0.1) is 0 Å². The van der Waals surface area contributed by atoms with Gasteiger partial charge in [-0.3, -0.25) is 4.79 Å².